The highest BCUT2D eigenvalue weighted by Crippen LogP contribution is 2.42. The molecule has 0 heterocycles. The third-order valence-electron chi connectivity index (χ3n) is 5.16. The molecule has 0 unspecified atom stereocenters. The summed E-state index contributed by atoms with van der Waals surface area (Å²) in [5.41, 5.74) is 0.301. The van der Waals surface area contributed by atoms with Crippen LogP contribution in [0.15, 0.2) is 64.5 Å². The number of carboxylic acids is 1. The van der Waals surface area contributed by atoms with Crippen molar-refractivity contribution >= 4 is 51.4 Å². The number of hydrogen-bond donors (Lipinski definition) is 3. The third-order valence-corrected chi connectivity index (χ3v) is 6.03. The van der Waals surface area contributed by atoms with Crippen molar-refractivity contribution in [2.45, 2.75) is 11.3 Å². The Balaban J connectivity index is 1.94. The van der Waals surface area contributed by atoms with E-state index in [0.29, 0.717) is 11.3 Å². The van der Waals surface area contributed by atoms with Gasteiger partial charge in [0.25, 0.3) is 10.1 Å². The van der Waals surface area contributed by atoms with Crippen LogP contribution in [-0.2, 0) is 21.3 Å². The molecule has 9 nitrogen and oxygen atoms in total. The highest BCUT2D eigenvalue weighted by molar-refractivity contribution is 7.86. The Hall–Kier alpha value is -4.15. The van der Waals surface area contributed by atoms with E-state index in [1.54, 1.807) is 36.4 Å². The molecule has 4 rings (SSSR count). The Kier molecular flexibility index (Phi) is 5.40. The van der Waals surface area contributed by atoms with Crippen molar-refractivity contribution < 1.29 is 32.5 Å². The zero-order valence-corrected chi connectivity index (χ0v) is 17.7. The van der Waals surface area contributed by atoms with Crippen LogP contribution in [0.3, 0.4) is 0 Å². The molecule has 0 amide bonds. The predicted molar refractivity (Wildman–Crippen MR) is 120 cm³/mol. The third kappa shape index (κ3) is 3.93. The lowest BCUT2D eigenvalue weighted by molar-refractivity contribution is -0.136. The number of nitrogens with one attached hydrogen (secondary N) is 1. The first-order valence-electron chi connectivity index (χ1n) is 9.53. The van der Waals surface area contributed by atoms with E-state index in [-0.39, 0.29) is 34.4 Å². The van der Waals surface area contributed by atoms with Crippen LogP contribution in [0.5, 0.6) is 0 Å². The molecular weight excluding hydrogens is 448 g/mol. The van der Waals surface area contributed by atoms with E-state index in [9.17, 15) is 27.4 Å². The first-order valence-corrected chi connectivity index (χ1v) is 11.0. The number of anilines is 2. The molecule has 3 aromatic rings. The van der Waals surface area contributed by atoms with E-state index in [0.717, 1.165) is 6.07 Å². The molecule has 3 aromatic carbocycles. The molecule has 1 aliphatic carbocycles. The molecule has 0 saturated heterocycles. The fourth-order valence-corrected chi connectivity index (χ4v) is 4.42. The molecule has 166 valence electrons. The Labute approximate surface area is 188 Å². The van der Waals surface area contributed by atoms with Crippen LogP contribution in [0, 0.1) is 0 Å². The number of aliphatic carboxylic acids is 1. The molecule has 0 spiro atoms. The van der Waals surface area contributed by atoms with Gasteiger partial charge >= 0.3 is 5.97 Å². The number of benzene rings is 3. The summed E-state index contributed by atoms with van der Waals surface area (Å²) in [6.07, 6.45) is -0.188. The second-order valence-electron chi connectivity index (χ2n) is 7.25. The number of carbonyl (C=O) groups is 3. The van der Waals surface area contributed by atoms with Gasteiger partial charge in [-0.15, -0.1) is 0 Å². The van der Waals surface area contributed by atoms with E-state index in [2.05, 4.69) is 17.0 Å². The lowest BCUT2D eigenvalue weighted by Gasteiger charge is -2.23. The number of fused-ring (bicyclic) bond motifs is 2. The molecule has 0 atom stereocenters. The maximum Gasteiger partial charge on any atom is 0.307 e. The first kappa shape index (κ1) is 22.1. The summed E-state index contributed by atoms with van der Waals surface area (Å²) in [6.45, 7) is 3.32. The number of nitrogens with zero attached hydrogens (tertiary/aromatic N) is 1. The molecule has 0 radical (unpaired) electrons. The van der Waals surface area contributed by atoms with Crippen LogP contribution < -0.4 is 5.32 Å². The molecule has 33 heavy (non-hydrogen) atoms. The van der Waals surface area contributed by atoms with E-state index >= 15 is 0 Å². The smallest absolute Gasteiger partial charge is 0.307 e. The van der Waals surface area contributed by atoms with Crippen molar-refractivity contribution in [1.82, 2.24) is 0 Å². The van der Waals surface area contributed by atoms with Crippen molar-refractivity contribution in [3.8, 4) is 0 Å². The van der Waals surface area contributed by atoms with Crippen LogP contribution >= 0.6 is 0 Å². The summed E-state index contributed by atoms with van der Waals surface area (Å²) >= 11 is 0. The van der Waals surface area contributed by atoms with Gasteiger partial charge in [0.2, 0.25) is 0 Å². The Morgan fingerprint density at radius 1 is 0.970 bits per heavy atom. The van der Waals surface area contributed by atoms with E-state index in [1.165, 1.54) is 12.1 Å². The van der Waals surface area contributed by atoms with Crippen molar-refractivity contribution in [3.63, 3.8) is 0 Å². The van der Waals surface area contributed by atoms with Crippen LogP contribution in [0.1, 0.15) is 37.4 Å². The number of carboxylic acid groups (broad SMARTS) is 1. The summed E-state index contributed by atoms with van der Waals surface area (Å²) in [5.74, 6) is -2.16. The minimum atomic E-state index is -4.83. The van der Waals surface area contributed by atoms with Gasteiger partial charge in [-0.05, 0) is 30.5 Å². The predicted octanol–water partition coefficient (Wildman–Crippen LogP) is 3.41. The Bertz CT molecular complexity index is 1460. The van der Waals surface area contributed by atoms with Crippen LogP contribution in [-0.4, -0.2) is 42.3 Å². The van der Waals surface area contributed by atoms with Gasteiger partial charge in [-0.2, -0.15) is 8.42 Å². The van der Waals surface area contributed by atoms with Gasteiger partial charge in [0.05, 0.1) is 28.9 Å². The summed E-state index contributed by atoms with van der Waals surface area (Å²) < 4.78 is 33.9. The maximum absolute atomic E-state index is 13.3. The second-order valence-corrected chi connectivity index (χ2v) is 8.64. The number of carbonyl (C=O) groups excluding carboxylic acids is 2. The van der Waals surface area contributed by atoms with E-state index in [4.69, 9.17) is 5.11 Å². The Morgan fingerprint density at radius 2 is 1.55 bits per heavy atom. The van der Waals surface area contributed by atoms with Gasteiger partial charge in [0, 0.05) is 16.8 Å². The maximum atomic E-state index is 13.3. The zero-order valence-electron chi connectivity index (χ0n) is 16.9. The SMILES string of the molecule is C=Nc1c(S(=O)(=O)O)cc(Nc2ccc(CC(=O)O)cc2)c2c1C(=O)c1ccccc1C2=O. The van der Waals surface area contributed by atoms with Gasteiger partial charge in [-0.25, -0.2) is 0 Å². The van der Waals surface area contributed by atoms with Gasteiger partial charge in [-0.3, -0.25) is 23.9 Å². The molecular formula is C23H16N2O7S. The summed E-state index contributed by atoms with van der Waals surface area (Å²) in [4.78, 5) is 40.5. The van der Waals surface area contributed by atoms with Crippen LogP contribution in [0.2, 0.25) is 0 Å². The average molecular weight is 464 g/mol. The van der Waals surface area contributed by atoms with E-state index in [1.807, 2.05) is 0 Å². The normalized spacial score (nSPS) is 12.6. The lowest BCUT2D eigenvalue weighted by atomic mass is 9.82. The van der Waals surface area contributed by atoms with Crippen molar-refractivity contribution in [3.05, 3.63) is 82.4 Å². The van der Waals surface area contributed by atoms with Gasteiger partial charge in [-0.1, -0.05) is 36.4 Å². The van der Waals surface area contributed by atoms with Crippen LogP contribution in [0.4, 0.5) is 17.1 Å². The van der Waals surface area contributed by atoms with Gasteiger partial charge < -0.3 is 10.4 Å². The molecule has 1 aliphatic rings. The molecule has 0 aliphatic heterocycles. The topological polar surface area (TPSA) is 150 Å². The quantitative estimate of drug-likeness (QED) is 0.290. The largest absolute Gasteiger partial charge is 0.481 e. The summed E-state index contributed by atoms with van der Waals surface area (Å²) in [6, 6.07) is 13.3. The fourth-order valence-electron chi connectivity index (χ4n) is 3.74. The van der Waals surface area contributed by atoms with Gasteiger partial charge in [0.1, 0.15) is 4.90 Å². The van der Waals surface area contributed by atoms with Crippen molar-refractivity contribution in [2.24, 2.45) is 4.99 Å². The minimum Gasteiger partial charge on any atom is -0.481 e. The first-order chi connectivity index (χ1) is 15.6. The number of aliphatic imine (C=N–C) groups is 1. The Morgan fingerprint density at radius 3 is 2.06 bits per heavy atom. The molecule has 0 bridgehead atoms. The van der Waals surface area contributed by atoms with Crippen LogP contribution in [0.25, 0.3) is 0 Å². The summed E-state index contributed by atoms with van der Waals surface area (Å²) in [5, 5.41) is 11.8. The molecule has 0 saturated carbocycles. The molecule has 0 aromatic heterocycles. The molecule has 10 heteroatoms. The van der Waals surface area contributed by atoms with Crippen molar-refractivity contribution in [1.29, 1.82) is 0 Å². The molecule has 3 N–H and O–H groups in total. The van der Waals surface area contributed by atoms with Gasteiger partial charge in [0.15, 0.2) is 11.6 Å². The fraction of sp³-hybridized carbons (Fsp3) is 0.0435. The number of hydrogen-bond acceptors (Lipinski definition) is 7. The highest BCUT2D eigenvalue weighted by atomic mass is 32.2. The second kappa shape index (κ2) is 8.08. The average Bonchev–Trinajstić information content (AvgIpc) is 2.77. The van der Waals surface area contributed by atoms with Crippen molar-refractivity contribution in [2.75, 3.05) is 5.32 Å². The minimum absolute atomic E-state index is 0.0381. The number of ketones is 2. The zero-order chi connectivity index (χ0) is 23.9. The summed E-state index contributed by atoms with van der Waals surface area (Å²) in [7, 11) is -4.83. The van der Waals surface area contributed by atoms with E-state index < -0.39 is 38.2 Å². The number of rotatable bonds is 6. The monoisotopic (exact) mass is 464 g/mol. The lowest BCUT2D eigenvalue weighted by Crippen LogP contribution is -2.23. The highest BCUT2D eigenvalue weighted by Gasteiger charge is 2.37. The standard InChI is InChI=1S/C23H16N2O7S/c1-24-21-17(33(30,31)32)11-16(25-13-8-6-12(7-9-13)10-18(26)27)19-20(21)23(29)15-5-3-2-4-14(15)22(19)28/h2-9,11,25H,1,10H2,(H,26,27)(H,30,31,32). The molecule has 0 fully saturated rings.